The summed E-state index contributed by atoms with van der Waals surface area (Å²) in [7, 11) is -2.48. The summed E-state index contributed by atoms with van der Waals surface area (Å²) in [5, 5.41) is 0.409. The summed E-state index contributed by atoms with van der Waals surface area (Å²) in [5.41, 5.74) is 2.39. The van der Waals surface area contributed by atoms with Crippen LogP contribution in [0.1, 0.15) is 48.2 Å². The number of carbonyl (C=O) groups excluding carboxylic acids is 2. The first kappa shape index (κ1) is 29.0. The van der Waals surface area contributed by atoms with E-state index in [1.165, 1.54) is 23.1 Å². The lowest BCUT2D eigenvalue weighted by atomic mass is 10.2. The van der Waals surface area contributed by atoms with Crippen LogP contribution in [0.25, 0.3) is 11.2 Å². The zero-order valence-corrected chi connectivity index (χ0v) is 24.6. The number of hydrogen-bond acceptors (Lipinski definition) is 7. The van der Waals surface area contributed by atoms with Crippen LogP contribution < -0.4 is 9.62 Å². The van der Waals surface area contributed by atoms with Crippen molar-refractivity contribution in [3.05, 3.63) is 82.3 Å². The van der Waals surface area contributed by atoms with Gasteiger partial charge in [-0.1, -0.05) is 35.4 Å². The van der Waals surface area contributed by atoms with Crippen LogP contribution >= 0.6 is 11.6 Å². The van der Waals surface area contributed by atoms with Gasteiger partial charge >= 0.3 is 6.09 Å². The van der Waals surface area contributed by atoms with Crippen LogP contribution in [0.2, 0.25) is 5.02 Å². The lowest BCUT2D eigenvalue weighted by Gasteiger charge is -2.25. The molecule has 2 aromatic carbocycles. The van der Waals surface area contributed by atoms with E-state index in [4.69, 9.17) is 16.3 Å². The van der Waals surface area contributed by atoms with Crippen LogP contribution in [0.5, 0.6) is 0 Å². The van der Waals surface area contributed by atoms with Crippen LogP contribution in [0.4, 0.5) is 10.5 Å². The first-order chi connectivity index (χ1) is 18.6. The molecule has 0 atom stereocenters. The molecule has 0 aliphatic rings. The number of amides is 2. The van der Waals surface area contributed by atoms with E-state index in [-0.39, 0.29) is 17.1 Å². The number of anilines is 1. The second kappa shape index (κ2) is 10.9. The van der Waals surface area contributed by atoms with Crippen LogP contribution in [-0.4, -0.2) is 47.6 Å². The number of rotatable bonds is 6. The zero-order chi connectivity index (χ0) is 29.4. The Morgan fingerprint density at radius 3 is 2.33 bits per heavy atom. The van der Waals surface area contributed by atoms with E-state index in [0.717, 1.165) is 11.1 Å². The zero-order valence-electron chi connectivity index (χ0n) is 23.0. The molecule has 40 heavy (non-hydrogen) atoms. The van der Waals surface area contributed by atoms with Crippen molar-refractivity contribution in [2.75, 3.05) is 11.9 Å². The molecule has 0 aliphatic carbocycles. The molecule has 2 aromatic heterocycles. The van der Waals surface area contributed by atoms with Gasteiger partial charge < -0.3 is 9.30 Å². The molecule has 0 saturated carbocycles. The number of halogens is 1. The summed E-state index contributed by atoms with van der Waals surface area (Å²) in [6, 6.07) is 14.4. The van der Waals surface area contributed by atoms with Gasteiger partial charge in [0.15, 0.2) is 5.65 Å². The van der Waals surface area contributed by atoms with Crippen molar-refractivity contribution in [3.63, 3.8) is 0 Å². The Kier molecular flexibility index (Phi) is 7.91. The third kappa shape index (κ3) is 6.43. The van der Waals surface area contributed by atoms with Gasteiger partial charge in [-0.2, -0.15) is 0 Å². The fraction of sp³-hybridized carbons (Fsp3) is 0.286. The molecule has 12 heteroatoms. The van der Waals surface area contributed by atoms with Gasteiger partial charge in [0.2, 0.25) is 0 Å². The van der Waals surface area contributed by atoms with Gasteiger partial charge in [0.1, 0.15) is 22.6 Å². The first-order valence-corrected chi connectivity index (χ1v) is 14.2. The standard InChI is InChI=1S/C28H30ClN5O5S/c1-17-7-11-21(12-8-17)40(37,38)32-26(35)24-14-13-23-25(31-24)34(18(2)30-23)16-19-9-10-20(15-22(19)29)33(6)27(36)39-28(3,4)5/h7-15H,16H2,1-6H3,(H,32,35). The number of carbonyl (C=O) groups is 2. The molecule has 0 bridgehead atoms. The van der Waals surface area contributed by atoms with Gasteiger partial charge in [-0.3, -0.25) is 9.69 Å². The summed E-state index contributed by atoms with van der Waals surface area (Å²) in [6.45, 7) is 9.28. The Labute approximate surface area is 238 Å². The molecule has 2 heterocycles. The quantitative estimate of drug-likeness (QED) is 0.329. The predicted molar refractivity (Wildman–Crippen MR) is 153 cm³/mol. The predicted octanol–water partition coefficient (Wildman–Crippen LogP) is 5.24. The van der Waals surface area contributed by atoms with Crippen LogP contribution in [0.15, 0.2) is 59.5 Å². The Morgan fingerprint density at radius 1 is 1.02 bits per heavy atom. The second-order valence-corrected chi connectivity index (χ2v) is 12.4. The van der Waals surface area contributed by atoms with Crippen molar-refractivity contribution in [1.82, 2.24) is 19.3 Å². The monoisotopic (exact) mass is 583 g/mol. The van der Waals surface area contributed by atoms with Crippen molar-refractivity contribution >= 4 is 50.5 Å². The molecule has 4 aromatic rings. The maximum absolute atomic E-state index is 12.9. The van der Waals surface area contributed by atoms with Crippen molar-refractivity contribution < 1.29 is 22.7 Å². The number of hydrogen-bond donors (Lipinski definition) is 1. The normalized spacial score (nSPS) is 11.9. The Bertz CT molecular complexity index is 1710. The molecule has 0 spiro atoms. The van der Waals surface area contributed by atoms with Gasteiger partial charge in [-0.05, 0) is 76.6 Å². The fourth-order valence-corrected chi connectivity index (χ4v) is 5.06. The average Bonchev–Trinajstić information content (AvgIpc) is 3.17. The number of ether oxygens (including phenoxy) is 1. The van der Waals surface area contributed by atoms with E-state index in [2.05, 4.69) is 14.7 Å². The number of nitrogens with zero attached hydrogens (tertiary/aromatic N) is 4. The highest BCUT2D eigenvalue weighted by atomic mass is 35.5. The van der Waals surface area contributed by atoms with Crippen molar-refractivity contribution in [3.8, 4) is 0 Å². The van der Waals surface area contributed by atoms with E-state index in [1.807, 2.05) is 6.92 Å². The molecule has 2 amide bonds. The largest absolute Gasteiger partial charge is 0.443 e. The maximum atomic E-state index is 12.9. The first-order valence-electron chi connectivity index (χ1n) is 12.4. The lowest BCUT2D eigenvalue weighted by Crippen LogP contribution is -2.34. The molecule has 0 radical (unpaired) electrons. The maximum Gasteiger partial charge on any atom is 0.414 e. The number of benzene rings is 2. The van der Waals surface area contributed by atoms with Crippen LogP contribution in [0, 0.1) is 13.8 Å². The highest BCUT2D eigenvalue weighted by Gasteiger charge is 2.23. The highest BCUT2D eigenvalue weighted by Crippen LogP contribution is 2.27. The Morgan fingerprint density at radius 2 is 1.70 bits per heavy atom. The van der Waals surface area contributed by atoms with Gasteiger partial charge in [-0.25, -0.2) is 27.9 Å². The number of aryl methyl sites for hydroxylation is 2. The summed E-state index contributed by atoms with van der Waals surface area (Å²) >= 11 is 6.59. The topological polar surface area (TPSA) is 123 Å². The summed E-state index contributed by atoms with van der Waals surface area (Å²) in [6.07, 6.45) is -0.507. The van der Waals surface area contributed by atoms with Crippen LogP contribution in [0.3, 0.4) is 0 Å². The molecular formula is C28H30ClN5O5S. The SMILES string of the molecule is Cc1ccc(S(=O)(=O)NC(=O)c2ccc3nc(C)n(Cc4ccc(N(C)C(=O)OC(C)(C)C)cc4Cl)c3n2)cc1. The Balaban J connectivity index is 1.58. The number of fused-ring (bicyclic) bond motifs is 1. The van der Waals surface area contributed by atoms with Gasteiger partial charge in [0.25, 0.3) is 15.9 Å². The second-order valence-electron chi connectivity index (χ2n) is 10.3. The smallest absolute Gasteiger partial charge is 0.414 e. The number of sulfonamides is 1. The molecule has 0 aliphatic heterocycles. The number of imidazole rings is 1. The third-order valence-corrected chi connectivity index (χ3v) is 7.69. The van der Waals surface area contributed by atoms with Gasteiger partial charge in [0.05, 0.1) is 11.4 Å². The van der Waals surface area contributed by atoms with E-state index in [1.54, 1.807) is 75.7 Å². The summed E-state index contributed by atoms with van der Waals surface area (Å²) in [4.78, 5) is 35.6. The molecule has 4 rings (SSSR count). The molecule has 210 valence electrons. The number of pyridine rings is 1. The molecule has 0 fully saturated rings. The highest BCUT2D eigenvalue weighted by molar-refractivity contribution is 7.90. The van der Waals surface area contributed by atoms with E-state index < -0.39 is 27.6 Å². The van der Waals surface area contributed by atoms with Crippen molar-refractivity contribution in [2.24, 2.45) is 0 Å². The van der Waals surface area contributed by atoms with E-state index in [9.17, 15) is 18.0 Å². The minimum atomic E-state index is -4.08. The van der Waals surface area contributed by atoms with Crippen molar-refractivity contribution in [1.29, 1.82) is 0 Å². The molecular weight excluding hydrogens is 554 g/mol. The van der Waals surface area contributed by atoms with Gasteiger partial charge in [0, 0.05) is 17.8 Å². The minimum Gasteiger partial charge on any atom is -0.443 e. The molecule has 1 N–H and O–H groups in total. The molecule has 0 saturated heterocycles. The lowest BCUT2D eigenvalue weighted by molar-refractivity contribution is 0.0589. The van der Waals surface area contributed by atoms with Crippen molar-refractivity contribution in [2.45, 2.75) is 51.7 Å². The third-order valence-electron chi connectivity index (χ3n) is 5.99. The Hall–Kier alpha value is -3.96. The van der Waals surface area contributed by atoms with Gasteiger partial charge in [-0.15, -0.1) is 0 Å². The fourth-order valence-electron chi connectivity index (χ4n) is 3.86. The van der Waals surface area contributed by atoms with E-state index in [0.29, 0.717) is 27.7 Å². The number of aromatic nitrogens is 3. The van der Waals surface area contributed by atoms with Crippen LogP contribution in [-0.2, 0) is 21.3 Å². The summed E-state index contributed by atoms with van der Waals surface area (Å²) < 4.78 is 34.7. The number of nitrogens with one attached hydrogen (secondary N) is 1. The van der Waals surface area contributed by atoms with E-state index >= 15 is 0 Å². The summed E-state index contributed by atoms with van der Waals surface area (Å²) in [5.74, 6) is -0.237. The average molecular weight is 584 g/mol. The molecule has 0 unspecified atom stereocenters. The molecule has 10 nitrogen and oxygen atoms in total. The minimum absolute atomic E-state index is 0.0242.